The largest absolute Gasteiger partial charge is 0.481 e. The monoisotopic (exact) mass is 265 g/mol. The molecule has 1 saturated carbocycles. The molecule has 3 unspecified atom stereocenters. The lowest BCUT2D eigenvalue weighted by molar-refractivity contribution is -0.149. The lowest BCUT2D eigenvalue weighted by Crippen LogP contribution is -2.24. The number of carbonyl (C=O) groups excluding carboxylic acids is 1. The van der Waals surface area contributed by atoms with Gasteiger partial charge in [-0.3, -0.25) is 9.59 Å². The summed E-state index contributed by atoms with van der Waals surface area (Å²) < 4.78 is 5.26. The minimum atomic E-state index is -0.933. The third-order valence-electron chi connectivity index (χ3n) is 3.70. The number of hydrogen-bond donors (Lipinski definition) is 1. The van der Waals surface area contributed by atoms with E-state index in [1.807, 2.05) is 13.0 Å². The van der Waals surface area contributed by atoms with Crippen molar-refractivity contribution < 1.29 is 19.4 Å². The summed E-state index contributed by atoms with van der Waals surface area (Å²) in [6.07, 6.45) is 0.0568. The molecule has 3 atom stereocenters. The SMILES string of the molecule is C=C(C#N)C(OC(=O)CCC)C1C(C(=O)O)C1(C)C. The van der Waals surface area contributed by atoms with Gasteiger partial charge in [0.15, 0.2) is 0 Å². The van der Waals surface area contributed by atoms with Gasteiger partial charge in [0, 0.05) is 12.3 Å². The van der Waals surface area contributed by atoms with Crippen LogP contribution in [-0.2, 0) is 14.3 Å². The molecule has 1 aliphatic rings. The lowest BCUT2D eigenvalue weighted by Gasteiger charge is -2.17. The molecule has 0 bridgehead atoms. The first-order chi connectivity index (χ1) is 8.77. The average Bonchev–Trinajstić information content (AvgIpc) is 2.88. The fourth-order valence-electron chi connectivity index (χ4n) is 2.54. The Morgan fingerprint density at radius 3 is 2.47 bits per heavy atom. The molecule has 1 aliphatic carbocycles. The fourth-order valence-corrected chi connectivity index (χ4v) is 2.54. The van der Waals surface area contributed by atoms with E-state index in [2.05, 4.69) is 6.58 Å². The van der Waals surface area contributed by atoms with Gasteiger partial charge in [-0.25, -0.2) is 0 Å². The van der Waals surface area contributed by atoms with Crippen LogP contribution in [0.5, 0.6) is 0 Å². The highest BCUT2D eigenvalue weighted by molar-refractivity contribution is 5.76. The first kappa shape index (κ1) is 15.2. The van der Waals surface area contributed by atoms with Crippen LogP contribution in [0.4, 0.5) is 0 Å². The van der Waals surface area contributed by atoms with Crippen LogP contribution < -0.4 is 0 Å². The number of ether oxygens (including phenoxy) is 1. The van der Waals surface area contributed by atoms with Gasteiger partial charge in [-0.1, -0.05) is 27.4 Å². The Balaban J connectivity index is 2.89. The summed E-state index contributed by atoms with van der Waals surface area (Å²) in [7, 11) is 0. The topological polar surface area (TPSA) is 87.4 Å². The smallest absolute Gasteiger partial charge is 0.307 e. The summed E-state index contributed by atoms with van der Waals surface area (Å²) in [4.78, 5) is 22.7. The van der Waals surface area contributed by atoms with Crippen molar-refractivity contribution >= 4 is 11.9 Å². The molecule has 0 aromatic carbocycles. The summed E-state index contributed by atoms with van der Waals surface area (Å²) in [6.45, 7) is 9.01. The maximum Gasteiger partial charge on any atom is 0.307 e. The molecule has 5 nitrogen and oxygen atoms in total. The van der Waals surface area contributed by atoms with Crippen LogP contribution in [0.2, 0.25) is 0 Å². The molecule has 0 spiro atoms. The van der Waals surface area contributed by atoms with Crippen LogP contribution in [0, 0.1) is 28.6 Å². The molecule has 1 rings (SSSR count). The second-order valence-corrected chi connectivity index (χ2v) is 5.46. The highest BCUT2D eigenvalue weighted by Crippen LogP contribution is 2.61. The Bertz CT molecular complexity index is 447. The Labute approximate surface area is 112 Å². The van der Waals surface area contributed by atoms with Crippen molar-refractivity contribution in [3.63, 3.8) is 0 Å². The molecule has 104 valence electrons. The molecule has 1 fully saturated rings. The van der Waals surface area contributed by atoms with E-state index in [0.717, 1.165) is 0 Å². The van der Waals surface area contributed by atoms with Crippen molar-refractivity contribution in [3.05, 3.63) is 12.2 Å². The third-order valence-corrected chi connectivity index (χ3v) is 3.70. The second-order valence-electron chi connectivity index (χ2n) is 5.46. The van der Waals surface area contributed by atoms with Gasteiger partial charge in [-0.15, -0.1) is 0 Å². The Morgan fingerprint density at radius 2 is 2.11 bits per heavy atom. The van der Waals surface area contributed by atoms with Crippen molar-refractivity contribution in [1.29, 1.82) is 5.26 Å². The van der Waals surface area contributed by atoms with Gasteiger partial charge >= 0.3 is 11.9 Å². The zero-order valence-corrected chi connectivity index (χ0v) is 11.5. The molecule has 0 radical (unpaired) electrons. The number of esters is 1. The van der Waals surface area contributed by atoms with Crippen molar-refractivity contribution in [1.82, 2.24) is 0 Å². The van der Waals surface area contributed by atoms with Crippen LogP contribution in [0.15, 0.2) is 12.2 Å². The number of carboxylic acid groups (broad SMARTS) is 1. The van der Waals surface area contributed by atoms with Gasteiger partial charge in [0.1, 0.15) is 6.10 Å². The van der Waals surface area contributed by atoms with E-state index in [1.54, 1.807) is 13.8 Å². The van der Waals surface area contributed by atoms with Crippen LogP contribution in [0.3, 0.4) is 0 Å². The molecule has 0 aromatic heterocycles. The molecular formula is C14H19NO4. The van der Waals surface area contributed by atoms with Gasteiger partial charge in [0.05, 0.1) is 17.6 Å². The van der Waals surface area contributed by atoms with E-state index in [9.17, 15) is 9.59 Å². The minimum Gasteiger partial charge on any atom is -0.481 e. The Hall–Kier alpha value is -1.83. The number of aliphatic carboxylic acids is 1. The number of nitrogens with zero attached hydrogens (tertiary/aromatic N) is 1. The number of carboxylic acids is 1. The normalized spacial score (nSPS) is 24.9. The summed E-state index contributed by atoms with van der Waals surface area (Å²) in [6, 6.07) is 1.87. The van der Waals surface area contributed by atoms with Gasteiger partial charge in [0.2, 0.25) is 0 Å². The number of carbonyl (C=O) groups is 2. The highest BCUT2D eigenvalue weighted by atomic mass is 16.5. The predicted molar refractivity (Wildman–Crippen MR) is 67.9 cm³/mol. The number of rotatable bonds is 6. The molecular weight excluding hydrogens is 246 g/mol. The van der Waals surface area contributed by atoms with Crippen molar-refractivity contribution in [2.45, 2.75) is 39.7 Å². The average molecular weight is 265 g/mol. The van der Waals surface area contributed by atoms with E-state index < -0.39 is 35.3 Å². The van der Waals surface area contributed by atoms with Gasteiger partial charge in [-0.2, -0.15) is 5.26 Å². The molecule has 0 heterocycles. The van der Waals surface area contributed by atoms with Gasteiger partial charge < -0.3 is 9.84 Å². The van der Waals surface area contributed by atoms with Gasteiger partial charge in [0.25, 0.3) is 0 Å². The standard InChI is InChI=1S/C14H19NO4/c1-5-6-9(16)19-12(8(2)7-15)10-11(13(17)18)14(10,3)4/h10-12H,2,5-6H2,1,3-4H3,(H,17,18). The maximum absolute atomic E-state index is 11.6. The fraction of sp³-hybridized carbons (Fsp3) is 0.643. The molecule has 0 aromatic rings. The summed E-state index contributed by atoms with van der Waals surface area (Å²) in [5.74, 6) is -2.36. The summed E-state index contributed by atoms with van der Waals surface area (Å²) in [5, 5.41) is 18.1. The first-order valence-corrected chi connectivity index (χ1v) is 6.28. The molecule has 0 amide bonds. The zero-order chi connectivity index (χ0) is 14.8. The van der Waals surface area contributed by atoms with E-state index in [-0.39, 0.29) is 12.0 Å². The van der Waals surface area contributed by atoms with Crippen molar-refractivity contribution in [2.75, 3.05) is 0 Å². The van der Waals surface area contributed by atoms with Gasteiger partial charge in [-0.05, 0) is 11.8 Å². The van der Waals surface area contributed by atoms with Crippen molar-refractivity contribution in [2.24, 2.45) is 17.3 Å². The van der Waals surface area contributed by atoms with E-state index in [1.165, 1.54) is 0 Å². The van der Waals surface area contributed by atoms with E-state index >= 15 is 0 Å². The third kappa shape index (κ3) is 2.95. The molecule has 19 heavy (non-hydrogen) atoms. The summed E-state index contributed by atoms with van der Waals surface area (Å²) >= 11 is 0. The van der Waals surface area contributed by atoms with Crippen molar-refractivity contribution in [3.8, 4) is 6.07 Å². The summed E-state index contributed by atoms with van der Waals surface area (Å²) in [5.41, 5.74) is -0.394. The molecule has 0 saturated heterocycles. The Morgan fingerprint density at radius 1 is 1.53 bits per heavy atom. The Kier molecular flexibility index (Phi) is 4.35. The number of nitriles is 1. The predicted octanol–water partition coefficient (Wildman–Crippen LogP) is 2.13. The van der Waals surface area contributed by atoms with Crippen LogP contribution >= 0.6 is 0 Å². The zero-order valence-electron chi connectivity index (χ0n) is 11.5. The first-order valence-electron chi connectivity index (χ1n) is 6.28. The maximum atomic E-state index is 11.6. The van der Waals surface area contributed by atoms with Crippen LogP contribution in [0.25, 0.3) is 0 Å². The molecule has 1 N–H and O–H groups in total. The quantitative estimate of drug-likeness (QED) is 0.587. The van der Waals surface area contributed by atoms with Crippen LogP contribution in [0.1, 0.15) is 33.6 Å². The molecule has 0 aliphatic heterocycles. The molecule has 5 heteroatoms. The second kappa shape index (κ2) is 5.43. The lowest BCUT2D eigenvalue weighted by atomic mass is 10.0. The highest BCUT2D eigenvalue weighted by Gasteiger charge is 2.66. The minimum absolute atomic E-state index is 0.103. The van der Waals surface area contributed by atoms with Crippen LogP contribution in [-0.4, -0.2) is 23.1 Å². The van der Waals surface area contributed by atoms with E-state index in [0.29, 0.717) is 6.42 Å². The number of hydrogen-bond acceptors (Lipinski definition) is 4. The van der Waals surface area contributed by atoms with E-state index in [4.69, 9.17) is 15.1 Å².